The molecule has 3 aromatic rings. The van der Waals surface area contributed by atoms with E-state index in [-0.39, 0.29) is 23.0 Å². The fourth-order valence-electron chi connectivity index (χ4n) is 3.71. The lowest BCUT2D eigenvalue weighted by Gasteiger charge is -2.21. The first-order chi connectivity index (χ1) is 16.9. The number of pyridine rings is 2. The first kappa shape index (κ1) is 24.0. The highest BCUT2D eigenvalue weighted by Gasteiger charge is 2.27. The van der Waals surface area contributed by atoms with E-state index in [9.17, 15) is 9.59 Å². The third kappa shape index (κ3) is 5.33. The summed E-state index contributed by atoms with van der Waals surface area (Å²) in [5.74, 6) is 2.93. The van der Waals surface area contributed by atoms with E-state index in [1.54, 1.807) is 49.3 Å². The number of hydrogen-bond donors (Lipinski definition) is 2. The van der Waals surface area contributed by atoms with E-state index in [1.165, 1.54) is 10.9 Å². The fourth-order valence-corrected chi connectivity index (χ4v) is 3.98. The first-order valence-electron chi connectivity index (χ1n) is 10.8. The molecule has 0 saturated carbocycles. The molecule has 3 aromatic heterocycles. The molecule has 1 fully saturated rings. The Morgan fingerprint density at radius 1 is 1.29 bits per heavy atom. The summed E-state index contributed by atoms with van der Waals surface area (Å²) in [5.41, 5.74) is 1.86. The number of hydrogen-bond acceptors (Lipinski definition) is 7. The van der Waals surface area contributed by atoms with Crippen molar-refractivity contribution in [1.29, 1.82) is 0 Å². The zero-order valence-electron chi connectivity index (χ0n) is 19.1. The fraction of sp³-hybridized carbons (Fsp3) is 0.304. The van der Waals surface area contributed by atoms with Crippen molar-refractivity contribution < 1.29 is 14.3 Å². The van der Waals surface area contributed by atoms with Gasteiger partial charge in [-0.3, -0.25) is 10.3 Å². The van der Waals surface area contributed by atoms with Crippen molar-refractivity contribution in [2.75, 3.05) is 17.2 Å². The number of likely N-dealkylation sites (tertiary alicyclic amines) is 1. The van der Waals surface area contributed by atoms with Crippen molar-refractivity contribution in [2.45, 2.75) is 31.9 Å². The number of anilines is 2. The van der Waals surface area contributed by atoms with E-state index in [2.05, 4.69) is 36.8 Å². The Morgan fingerprint density at radius 3 is 2.83 bits per heavy atom. The minimum Gasteiger partial charge on any atom is -0.441 e. The minimum absolute atomic E-state index is 0.202. The monoisotopic (exact) mass is 494 g/mol. The smallest absolute Gasteiger partial charge is 0.413 e. The number of halogens is 1. The number of carbonyl (C=O) groups excluding carboxylic acids is 2. The van der Waals surface area contributed by atoms with Gasteiger partial charge in [0.1, 0.15) is 11.3 Å². The molecule has 35 heavy (non-hydrogen) atoms. The number of carbonyl (C=O) groups is 2. The highest BCUT2D eigenvalue weighted by Crippen LogP contribution is 2.27. The van der Waals surface area contributed by atoms with Crippen molar-refractivity contribution in [2.24, 2.45) is 7.05 Å². The largest absolute Gasteiger partial charge is 0.441 e. The van der Waals surface area contributed by atoms with Gasteiger partial charge in [-0.15, -0.1) is 11.5 Å². The Labute approximate surface area is 206 Å². The van der Waals surface area contributed by atoms with Crippen molar-refractivity contribution >= 4 is 35.2 Å². The molecule has 2 atom stereocenters. The Hall–Kier alpha value is -4.17. The molecule has 4 rings (SSSR count). The molecule has 0 spiro atoms. The SMILES string of the molecule is C#C[C@@H]1CCCN1C(=O)Nc1ccc(-c2nnn(C)c2NC(=O)O[C@H](C)c2cccnc2Cl)nc1. The second-order valence-corrected chi connectivity index (χ2v) is 8.20. The van der Waals surface area contributed by atoms with Crippen LogP contribution < -0.4 is 10.6 Å². The Kier molecular flexibility index (Phi) is 7.12. The number of nitrogens with zero attached hydrogens (tertiary/aromatic N) is 6. The molecule has 11 nitrogen and oxygen atoms in total. The summed E-state index contributed by atoms with van der Waals surface area (Å²) in [6.07, 6.45) is 8.87. The lowest BCUT2D eigenvalue weighted by atomic mass is 10.2. The molecule has 0 radical (unpaired) electrons. The van der Waals surface area contributed by atoms with E-state index < -0.39 is 12.2 Å². The van der Waals surface area contributed by atoms with Crippen LogP contribution in [0.1, 0.15) is 31.4 Å². The number of amides is 3. The number of aryl methyl sites for hydroxylation is 1. The quantitative estimate of drug-likeness (QED) is 0.407. The van der Waals surface area contributed by atoms with Gasteiger partial charge in [-0.2, -0.15) is 0 Å². The van der Waals surface area contributed by atoms with Crippen LogP contribution in [0, 0.1) is 12.3 Å². The van der Waals surface area contributed by atoms with E-state index in [4.69, 9.17) is 22.8 Å². The molecule has 0 bridgehead atoms. The second-order valence-electron chi connectivity index (χ2n) is 7.85. The van der Waals surface area contributed by atoms with Crippen LogP contribution in [0.15, 0.2) is 36.7 Å². The van der Waals surface area contributed by atoms with Crippen LogP contribution in [0.3, 0.4) is 0 Å². The topological polar surface area (TPSA) is 127 Å². The highest BCUT2D eigenvalue weighted by molar-refractivity contribution is 6.30. The van der Waals surface area contributed by atoms with Gasteiger partial charge in [-0.25, -0.2) is 19.3 Å². The predicted octanol–water partition coefficient (Wildman–Crippen LogP) is 3.86. The molecule has 2 N–H and O–H groups in total. The van der Waals surface area contributed by atoms with Gasteiger partial charge in [0.2, 0.25) is 0 Å². The molecule has 0 aliphatic carbocycles. The zero-order chi connectivity index (χ0) is 24.9. The van der Waals surface area contributed by atoms with Gasteiger partial charge >= 0.3 is 12.1 Å². The summed E-state index contributed by atoms with van der Waals surface area (Å²) in [6, 6.07) is 6.31. The average molecular weight is 495 g/mol. The normalized spacial score (nSPS) is 15.8. The maximum atomic E-state index is 12.5. The number of nitrogens with one attached hydrogen (secondary N) is 2. The van der Waals surface area contributed by atoms with Gasteiger partial charge in [0.15, 0.2) is 11.5 Å². The van der Waals surface area contributed by atoms with Crippen LogP contribution in [0.25, 0.3) is 11.4 Å². The van der Waals surface area contributed by atoms with Crippen LogP contribution in [-0.2, 0) is 11.8 Å². The molecule has 180 valence electrons. The number of terminal acetylenes is 1. The molecule has 0 aromatic carbocycles. The minimum atomic E-state index is -0.721. The van der Waals surface area contributed by atoms with Crippen molar-refractivity contribution in [3.05, 3.63) is 47.4 Å². The summed E-state index contributed by atoms with van der Waals surface area (Å²) in [6.45, 7) is 2.30. The van der Waals surface area contributed by atoms with Gasteiger partial charge in [0.25, 0.3) is 0 Å². The lowest BCUT2D eigenvalue weighted by Crippen LogP contribution is -2.37. The number of ether oxygens (including phenoxy) is 1. The highest BCUT2D eigenvalue weighted by atomic mass is 35.5. The van der Waals surface area contributed by atoms with Gasteiger partial charge in [-0.05, 0) is 38.0 Å². The number of urea groups is 1. The van der Waals surface area contributed by atoms with Gasteiger partial charge in [0, 0.05) is 25.4 Å². The van der Waals surface area contributed by atoms with Crippen molar-refractivity contribution in [1.82, 2.24) is 29.9 Å². The summed E-state index contributed by atoms with van der Waals surface area (Å²) in [4.78, 5) is 35.0. The van der Waals surface area contributed by atoms with Gasteiger partial charge < -0.3 is 15.0 Å². The molecule has 0 unspecified atom stereocenters. The first-order valence-corrected chi connectivity index (χ1v) is 11.2. The maximum Gasteiger partial charge on any atom is 0.413 e. The van der Waals surface area contributed by atoms with Gasteiger partial charge in [-0.1, -0.05) is 28.8 Å². The molecule has 3 amide bonds. The second kappa shape index (κ2) is 10.4. The third-order valence-corrected chi connectivity index (χ3v) is 5.84. The number of aromatic nitrogens is 5. The Morgan fingerprint density at radius 2 is 2.11 bits per heavy atom. The van der Waals surface area contributed by atoms with Crippen molar-refractivity contribution in [3.8, 4) is 23.7 Å². The maximum absolute atomic E-state index is 12.5. The van der Waals surface area contributed by atoms with E-state index in [1.807, 2.05) is 0 Å². The van der Waals surface area contributed by atoms with E-state index >= 15 is 0 Å². The van der Waals surface area contributed by atoms with E-state index in [0.29, 0.717) is 29.2 Å². The molecule has 1 saturated heterocycles. The Balaban J connectivity index is 1.43. The van der Waals surface area contributed by atoms with Gasteiger partial charge in [0.05, 0.1) is 23.6 Å². The summed E-state index contributed by atoms with van der Waals surface area (Å²) >= 11 is 6.08. The standard InChI is InChI=1S/C23H23ClN8O3/c1-4-16-7-6-12-32(16)22(33)27-15-9-10-18(26-13-15)19-21(31(3)30-29-19)28-23(34)35-14(2)17-8-5-11-25-20(17)24/h1,5,8-11,13-14,16H,6-7,12H2,2-3H3,(H,27,33)(H,28,34)/t14-,16-/m1/s1. The third-order valence-electron chi connectivity index (χ3n) is 5.52. The number of rotatable bonds is 5. The lowest BCUT2D eigenvalue weighted by molar-refractivity contribution is 0.121. The van der Waals surface area contributed by atoms with Crippen LogP contribution >= 0.6 is 11.6 Å². The van der Waals surface area contributed by atoms with Crippen LogP contribution in [-0.4, -0.2) is 54.6 Å². The molecule has 1 aliphatic rings. The Bertz CT molecular complexity index is 1270. The molecular formula is C23H23ClN8O3. The van der Waals surface area contributed by atoms with E-state index in [0.717, 1.165) is 12.8 Å². The summed E-state index contributed by atoms with van der Waals surface area (Å²) < 4.78 is 6.83. The predicted molar refractivity (Wildman–Crippen MR) is 130 cm³/mol. The van der Waals surface area contributed by atoms with Crippen LogP contribution in [0.2, 0.25) is 5.15 Å². The molecule has 12 heteroatoms. The molecule has 1 aliphatic heterocycles. The van der Waals surface area contributed by atoms with Crippen LogP contribution in [0.4, 0.5) is 21.1 Å². The van der Waals surface area contributed by atoms with Crippen LogP contribution in [0.5, 0.6) is 0 Å². The average Bonchev–Trinajstić information content (AvgIpc) is 3.47. The zero-order valence-corrected chi connectivity index (χ0v) is 19.9. The summed E-state index contributed by atoms with van der Waals surface area (Å²) in [5, 5.41) is 13.8. The summed E-state index contributed by atoms with van der Waals surface area (Å²) in [7, 11) is 1.63. The van der Waals surface area contributed by atoms with Crippen molar-refractivity contribution in [3.63, 3.8) is 0 Å². The molecule has 4 heterocycles. The molecular weight excluding hydrogens is 472 g/mol.